The zero-order valence-corrected chi connectivity index (χ0v) is 21.0. The first-order valence-electron chi connectivity index (χ1n) is 13.6. The molecule has 2 aliphatic heterocycles. The van der Waals surface area contributed by atoms with Crippen LogP contribution in [0.4, 0.5) is 5.69 Å². The van der Waals surface area contributed by atoms with Crippen molar-refractivity contribution >= 4 is 17.5 Å². The minimum atomic E-state index is -0.252. The molecular weight excluding hydrogens is 456 g/mol. The average Bonchev–Trinajstić information content (AvgIpc) is 3.27. The Bertz CT molecular complexity index is 1080. The summed E-state index contributed by atoms with van der Waals surface area (Å²) >= 11 is 0. The lowest BCUT2D eigenvalue weighted by atomic mass is 10.0. The first-order chi connectivity index (χ1) is 17.6. The Hall–Kier alpha value is -2.78. The lowest BCUT2D eigenvalue weighted by molar-refractivity contribution is -0.137. The SMILES string of the molecule is O=C1CCC(N2Cc3cccc(NC4(c5cn(CCCCCCCCCO)nn5)CC4)c3C2)C(=O)N1. The van der Waals surface area contributed by atoms with Gasteiger partial charge in [0.15, 0.2) is 0 Å². The minimum absolute atomic E-state index is 0.165. The maximum absolute atomic E-state index is 12.4. The first kappa shape index (κ1) is 24.9. The number of hydrogen-bond donors (Lipinski definition) is 3. The summed E-state index contributed by atoms with van der Waals surface area (Å²) in [6.45, 7) is 2.62. The summed E-state index contributed by atoms with van der Waals surface area (Å²) in [5.41, 5.74) is 4.42. The number of aryl methyl sites for hydroxylation is 1. The molecule has 1 aliphatic carbocycles. The number of piperidine rings is 1. The second-order valence-electron chi connectivity index (χ2n) is 10.6. The Labute approximate surface area is 212 Å². The zero-order valence-electron chi connectivity index (χ0n) is 21.0. The van der Waals surface area contributed by atoms with Gasteiger partial charge in [0.2, 0.25) is 11.8 Å². The fraction of sp³-hybridized carbons (Fsp3) is 0.630. The molecule has 1 aromatic heterocycles. The molecule has 0 bridgehead atoms. The highest BCUT2D eigenvalue weighted by atomic mass is 16.3. The fourth-order valence-electron chi connectivity index (χ4n) is 5.54. The van der Waals surface area contributed by atoms with Crippen LogP contribution >= 0.6 is 0 Å². The second kappa shape index (κ2) is 11.1. The van der Waals surface area contributed by atoms with Gasteiger partial charge >= 0.3 is 0 Å². The second-order valence-corrected chi connectivity index (χ2v) is 10.6. The van der Waals surface area contributed by atoms with E-state index >= 15 is 0 Å². The number of hydrogen-bond acceptors (Lipinski definition) is 7. The number of aliphatic hydroxyl groups is 1. The molecule has 3 aliphatic rings. The molecule has 2 aromatic rings. The highest BCUT2D eigenvalue weighted by Crippen LogP contribution is 2.48. The number of imide groups is 1. The summed E-state index contributed by atoms with van der Waals surface area (Å²) in [6, 6.07) is 6.08. The van der Waals surface area contributed by atoms with Crippen molar-refractivity contribution < 1.29 is 14.7 Å². The number of rotatable bonds is 13. The number of carbonyl (C=O) groups excluding carboxylic acids is 2. The van der Waals surface area contributed by atoms with E-state index in [9.17, 15) is 9.59 Å². The van der Waals surface area contributed by atoms with Gasteiger partial charge in [-0.25, -0.2) is 0 Å². The van der Waals surface area contributed by atoms with Crippen LogP contribution in [0.15, 0.2) is 24.4 Å². The Morgan fingerprint density at radius 2 is 1.83 bits per heavy atom. The van der Waals surface area contributed by atoms with E-state index in [1.54, 1.807) is 0 Å². The van der Waals surface area contributed by atoms with E-state index in [0.717, 1.165) is 56.6 Å². The lowest BCUT2D eigenvalue weighted by Crippen LogP contribution is -2.50. The fourth-order valence-corrected chi connectivity index (χ4v) is 5.54. The van der Waals surface area contributed by atoms with E-state index in [4.69, 9.17) is 5.11 Å². The number of unbranched alkanes of at least 4 members (excludes halogenated alkanes) is 6. The Balaban J connectivity index is 1.15. The minimum Gasteiger partial charge on any atom is -0.396 e. The molecule has 0 spiro atoms. The van der Waals surface area contributed by atoms with Gasteiger partial charge in [0.25, 0.3) is 0 Å². The summed E-state index contributed by atoms with van der Waals surface area (Å²) in [7, 11) is 0. The van der Waals surface area contributed by atoms with Crippen LogP contribution in [0.1, 0.15) is 87.4 Å². The van der Waals surface area contributed by atoms with Crippen LogP contribution in [0, 0.1) is 0 Å². The van der Waals surface area contributed by atoms with E-state index in [2.05, 4.69) is 50.2 Å². The quantitative estimate of drug-likeness (QED) is 0.289. The van der Waals surface area contributed by atoms with Crippen LogP contribution in [0.3, 0.4) is 0 Å². The third kappa shape index (κ3) is 5.62. The van der Waals surface area contributed by atoms with Gasteiger partial charge < -0.3 is 10.4 Å². The normalized spacial score (nSPS) is 20.9. The molecule has 2 fully saturated rings. The monoisotopic (exact) mass is 494 g/mol. The van der Waals surface area contributed by atoms with Gasteiger partial charge in [-0.2, -0.15) is 0 Å². The number of aromatic nitrogens is 3. The van der Waals surface area contributed by atoms with E-state index in [0.29, 0.717) is 26.0 Å². The Kier molecular flexibility index (Phi) is 7.67. The predicted molar refractivity (Wildman–Crippen MR) is 136 cm³/mol. The molecule has 9 heteroatoms. The number of fused-ring (bicyclic) bond motifs is 1. The largest absolute Gasteiger partial charge is 0.396 e. The molecule has 36 heavy (non-hydrogen) atoms. The van der Waals surface area contributed by atoms with Crippen molar-refractivity contribution in [2.75, 3.05) is 11.9 Å². The van der Waals surface area contributed by atoms with Gasteiger partial charge in [-0.3, -0.25) is 24.5 Å². The third-order valence-electron chi connectivity index (χ3n) is 7.86. The van der Waals surface area contributed by atoms with E-state index in [1.165, 1.54) is 36.8 Å². The molecule has 3 N–H and O–H groups in total. The number of benzene rings is 1. The molecule has 5 rings (SSSR count). The van der Waals surface area contributed by atoms with Gasteiger partial charge in [0.1, 0.15) is 5.69 Å². The lowest BCUT2D eigenvalue weighted by Gasteiger charge is -2.29. The van der Waals surface area contributed by atoms with Gasteiger partial charge in [0.05, 0.1) is 17.8 Å². The number of amides is 2. The summed E-state index contributed by atoms with van der Waals surface area (Å²) in [6.07, 6.45) is 13.1. The molecule has 0 radical (unpaired) electrons. The molecular formula is C27H38N6O3. The van der Waals surface area contributed by atoms with Gasteiger partial charge in [-0.1, -0.05) is 49.5 Å². The molecule has 1 saturated heterocycles. The molecule has 1 saturated carbocycles. The first-order valence-corrected chi connectivity index (χ1v) is 13.6. The van der Waals surface area contributed by atoms with E-state index < -0.39 is 0 Å². The molecule has 194 valence electrons. The summed E-state index contributed by atoms with van der Waals surface area (Å²) in [5.74, 6) is -0.348. The molecule has 3 heterocycles. The van der Waals surface area contributed by atoms with E-state index in [-0.39, 0.29) is 23.4 Å². The van der Waals surface area contributed by atoms with Gasteiger partial charge in [-0.05, 0) is 49.3 Å². The van der Waals surface area contributed by atoms with Crippen molar-refractivity contribution in [3.63, 3.8) is 0 Å². The maximum atomic E-state index is 12.4. The van der Waals surface area contributed by atoms with Gasteiger partial charge in [-0.15, -0.1) is 5.10 Å². The predicted octanol–water partition coefficient (Wildman–Crippen LogP) is 3.22. The van der Waals surface area contributed by atoms with Crippen molar-refractivity contribution in [3.8, 4) is 0 Å². The van der Waals surface area contributed by atoms with Crippen molar-refractivity contribution in [3.05, 3.63) is 41.2 Å². The van der Waals surface area contributed by atoms with Gasteiger partial charge in [0, 0.05) is 38.3 Å². The Morgan fingerprint density at radius 1 is 1.06 bits per heavy atom. The topological polar surface area (TPSA) is 112 Å². The molecule has 1 atom stereocenters. The van der Waals surface area contributed by atoms with Crippen molar-refractivity contribution in [2.45, 2.75) is 102 Å². The van der Waals surface area contributed by atoms with Crippen LogP contribution < -0.4 is 10.6 Å². The number of aliphatic hydroxyl groups excluding tert-OH is 1. The van der Waals surface area contributed by atoms with Crippen molar-refractivity contribution in [1.29, 1.82) is 0 Å². The number of nitrogens with zero attached hydrogens (tertiary/aromatic N) is 4. The smallest absolute Gasteiger partial charge is 0.243 e. The van der Waals surface area contributed by atoms with Crippen LogP contribution in [0.25, 0.3) is 0 Å². The van der Waals surface area contributed by atoms with Crippen LogP contribution in [-0.4, -0.2) is 49.5 Å². The Morgan fingerprint density at radius 3 is 2.58 bits per heavy atom. The summed E-state index contributed by atoms with van der Waals surface area (Å²) in [4.78, 5) is 26.1. The van der Waals surface area contributed by atoms with Crippen LogP contribution in [-0.2, 0) is 34.8 Å². The van der Waals surface area contributed by atoms with Crippen molar-refractivity contribution in [1.82, 2.24) is 25.2 Å². The van der Waals surface area contributed by atoms with Crippen LogP contribution in [0.5, 0.6) is 0 Å². The maximum Gasteiger partial charge on any atom is 0.243 e. The zero-order chi connectivity index (χ0) is 25.0. The average molecular weight is 495 g/mol. The third-order valence-corrected chi connectivity index (χ3v) is 7.86. The van der Waals surface area contributed by atoms with Crippen molar-refractivity contribution in [2.24, 2.45) is 0 Å². The summed E-state index contributed by atoms with van der Waals surface area (Å²) in [5, 5.41) is 24.1. The summed E-state index contributed by atoms with van der Waals surface area (Å²) < 4.78 is 1.98. The molecule has 9 nitrogen and oxygen atoms in total. The van der Waals surface area contributed by atoms with E-state index in [1.807, 2.05) is 4.68 Å². The number of nitrogens with one attached hydrogen (secondary N) is 2. The highest BCUT2D eigenvalue weighted by molar-refractivity contribution is 6.00. The van der Waals surface area contributed by atoms with Crippen LogP contribution in [0.2, 0.25) is 0 Å². The standard InChI is InChI=1S/C27H38N6O3/c34-16-7-5-3-1-2-4-6-15-33-19-24(30-31-33)27(13-14-27)29-22-10-8-9-20-17-32(18-21(20)22)23-11-12-25(35)28-26(23)36/h8-10,19,23,29,34H,1-7,11-18H2,(H,28,35,36). The number of anilines is 1. The highest BCUT2D eigenvalue weighted by Gasteiger charge is 2.47. The number of carbonyl (C=O) groups is 2. The molecule has 1 unspecified atom stereocenters. The molecule has 1 aromatic carbocycles. The molecule has 2 amide bonds.